The lowest BCUT2D eigenvalue weighted by atomic mass is 10.2. The number of hydrogen-bond donors (Lipinski definition) is 2. The Balaban J connectivity index is 2.29. The summed E-state index contributed by atoms with van der Waals surface area (Å²) in [5.74, 6) is -1.87. The maximum absolute atomic E-state index is 11.7. The number of aliphatic carboxylic acids is 1. The number of hydrazone groups is 1. The van der Waals surface area contributed by atoms with E-state index < -0.39 is 11.9 Å². The standard InChI is InChI=1S/C12H11N3O4/c1-7(16)13-8-3-2-4-9(5-8)15-11(17)6-10(14-15)12(18)19/h2-5H,6H2,1H3,(H,13,16)(H,18,19). The second-order valence-electron chi connectivity index (χ2n) is 3.97. The molecule has 1 aromatic carbocycles. The van der Waals surface area contributed by atoms with Crippen LogP contribution in [0.25, 0.3) is 0 Å². The molecule has 98 valence electrons. The molecular weight excluding hydrogens is 250 g/mol. The van der Waals surface area contributed by atoms with Crippen molar-refractivity contribution in [3.05, 3.63) is 24.3 Å². The summed E-state index contributed by atoms with van der Waals surface area (Å²) in [5.41, 5.74) is 0.721. The number of benzene rings is 1. The molecule has 0 saturated heterocycles. The van der Waals surface area contributed by atoms with Crippen LogP contribution in [0.1, 0.15) is 13.3 Å². The van der Waals surface area contributed by atoms with Crippen molar-refractivity contribution >= 4 is 34.9 Å². The van der Waals surface area contributed by atoms with Crippen LogP contribution in [-0.4, -0.2) is 28.6 Å². The Morgan fingerprint density at radius 2 is 2.16 bits per heavy atom. The summed E-state index contributed by atoms with van der Waals surface area (Å²) in [6.45, 7) is 1.37. The average Bonchev–Trinajstić information content (AvgIpc) is 2.71. The van der Waals surface area contributed by atoms with E-state index in [9.17, 15) is 14.4 Å². The number of hydrogen-bond acceptors (Lipinski definition) is 4. The van der Waals surface area contributed by atoms with E-state index >= 15 is 0 Å². The first-order valence-corrected chi connectivity index (χ1v) is 5.49. The molecule has 0 bridgehead atoms. The molecule has 1 aliphatic rings. The van der Waals surface area contributed by atoms with Crippen LogP contribution in [-0.2, 0) is 14.4 Å². The van der Waals surface area contributed by atoms with Crippen LogP contribution in [0, 0.1) is 0 Å². The van der Waals surface area contributed by atoms with Gasteiger partial charge in [0.1, 0.15) is 0 Å². The van der Waals surface area contributed by atoms with Crippen LogP contribution in [0.2, 0.25) is 0 Å². The van der Waals surface area contributed by atoms with Crippen LogP contribution < -0.4 is 10.3 Å². The van der Waals surface area contributed by atoms with E-state index in [1.807, 2.05) is 0 Å². The van der Waals surface area contributed by atoms with Gasteiger partial charge in [-0.2, -0.15) is 10.1 Å². The van der Waals surface area contributed by atoms with Crippen molar-refractivity contribution < 1.29 is 19.5 Å². The Morgan fingerprint density at radius 3 is 2.74 bits per heavy atom. The minimum atomic E-state index is -1.21. The van der Waals surface area contributed by atoms with Crippen molar-refractivity contribution in [1.82, 2.24) is 0 Å². The summed E-state index contributed by atoms with van der Waals surface area (Å²) >= 11 is 0. The van der Waals surface area contributed by atoms with E-state index in [4.69, 9.17) is 5.11 Å². The molecule has 0 radical (unpaired) electrons. The third kappa shape index (κ3) is 2.76. The summed E-state index contributed by atoms with van der Waals surface area (Å²) < 4.78 is 0. The van der Waals surface area contributed by atoms with Gasteiger partial charge in [0.2, 0.25) is 5.91 Å². The van der Waals surface area contributed by atoms with Gasteiger partial charge in [0.25, 0.3) is 5.91 Å². The molecule has 1 aromatic rings. The summed E-state index contributed by atoms with van der Waals surface area (Å²) in [4.78, 5) is 33.4. The Kier molecular flexibility index (Phi) is 3.28. The molecule has 0 aliphatic carbocycles. The highest BCUT2D eigenvalue weighted by atomic mass is 16.4. The first-order chi connectivity index (χ1) is 8.97. The summed E-state index contributed by atoms with van der Waals surface area (Å²) in [7, 11) is 0. The van der Waals surface area contributed by atoms with E-state index in [1.165, 1.54) is 6.92 Å². The van der Waals surface area contributed by atoms with Crippen molar-refractivity contribution in [3.8, 4) is 0 Å². The van der Waals surface area contributed by atoms with Gasteiger partial charge in [0.05, 0.1) is 12.1 Å². The predicted molar refractivity (Wildman–Crippen MR) is 67.9 cm³/mol. The Labute approximate surface area is 108 Å². The molecule has 0 aromatic heterocycles. The van der Waals surface area contributed by atoms with Gasteiger partial charge in [-0.1, -0.05) is 6.07 Å². The van der Waals surface area contributed by atoms with Crippen LogP contribution >= 0.6 is 0 Å². The molecule has 0 unspecified atom stereocenters. The first-order valence-electron chi connectivity index (χ1n) is 5.49. The molecule has 19 heavy (non-hydrogen) atoms. The molecule has 1 heterocycles. The largest absolute Gasteiger partial charge is 0.477 e. The highest BCUT2D eigenvalue weighted by Gasteiger charge is 2.29. The molecule has 7 heteroatoms. The molecule has 7 nitrogen and oxygen atoms in total. The lowest BCUT2D eigenvalue weighted by Gasteiger charge is -2.12. The van der Waals surface area contributed by atoms with E-state index in [-0.39, 0.29) is 18.0 Å². The zero-order chi connectivity index (χ0) is 14.0. The third-order valence-electron chi connectivity index (χ3n) is 2.43. The SMILES string of the molecule is CC(=O)Nc1cccc(N2N=C(C(=O)O)CC2=O)c1. The van der Waals surface area contributed by atoms with Crippen molar-refractivity contribution in [2.75, 3.05) is 10.3 Å². The van der Waals surface area contributed by atoms with Crippen LogP contribution in [0.15, 0.2) is 29.4 Å². The minimum Gasteiger partial charge on any atom is -0.477 e. The summed E-state index contributed by atoms with van der Waals surface area (Å²) in [6, 6.07) is 6.46. The molecule has 0 spiro atoms. The first kappa shape index (κ1) is 12.7. The average molecular weight is 261 g/mol. The third-order valence-corrected chi connectivity index (χ3v) is 2.43. The molecular formula is C12H11N3O4. The quantitative estimate of drug-likeness (QED) is 0.841. The number of anilines is 2. The normalized spacial score (nSPS) is 14.3. The highest BCUT2D eigenvalue weighted by molar-refractivity contribution is 6.42. The molecule has 0 fully saturated rings. The second kappa shape index (κ2) is 4.89. The van der Waals surface area contributed by atoms with Crippen molar-refractivity contribution in [1.29, 1.82) is 0 Å². The molecule has 2 N–H and O–H groups in total. The van der Waals surface area contributed by atoms with E-state index in [0.29, 0.717) is 11.4 Å². The number of carbonyl (C=O) groups excluding carboxylic acids is 2. The lowest BCUT2D eigenvalue weighted by Crippen LogP contribution is -2.19. The molecule has 2 amide bonds. The predicted octanol–water partition coefficient (Wildman–Crippen LogP) is 0.822. The zero-order valence-corrected chi connectivity index (χ0v) is 10.1. The number of carboxylic acids is 1. The number of carbonyl (C=O) groups is 3. The van der Waals surface area contributed by atoms with Crippen molar-refractivity contribution in [3.63, 3.8) is 0 Å². The van der Waals surface area contributed by atoms with Gasteiger partial charge in [0.15, 0.2) is 5.71 Å². The van der Waals surface area contributed by atoms with Gasteiger partial charge >= 0.3 is 5.97 Å². The van der Waals surface area contributed by atoms with Crippen LogP contribution in [0.3, 0.4) is 0 Å². The van der Waals surface area contributed by atoms with Crippen LogP contribution in [0.4, 0.5) is 11.4 Å². The van der Waals surface area contributed by atoms with Gasteiger partial charge < -0.3 is 10.4 Å². The van der Waals surface area contributed by atoms with Gasteiger partial charge in [-0.3, -0.25) is 9.59 Å². The second-order valence-corrected chi connectivity index (χ2v) is 3.97. The van der Waals surface area contributed by atoms with E-state index in [2.05, 4.69) is 10.4 Å². The number of nitrogens with one attached hydrogen (secondary N) is 1. The molecule has 0 saturated carbocycles. The number of nitrogens with zero attached hydrogens (tertiary/aromatic N) is 2. The van der Waals surface area contributed by atoms with Crippen molar-refractivity contribution in [2.24, 2.45) is 5.10 Å². The Morgan fingerprint density at radius 1 is 1.42 bits per heavy atom. The van der Waals surface area contributed by atoms with E-state index in [1.54, 1.807) is 24.3 Å². The maximum atomic E-state index is 11.7. The fourth-order valence-corrected chi connectivity index (χ4v) is 1.67. The van der Waals surface area contributed by atoms with E-state index in [0.717, 1.165) is 5.01 Å². The molecule has 0 atom stereocenters. The van der Waals surface area contributed by atoms with Crippen molar-refractivity contribution in [2.45, 2.75) is 13.3 Å². The number of carboxylic acid groups (broad SMARTS) is 1. The maximum Gasteiger partial charge on any atom is 0.352 e. The number of rotatable bonds is 3. The van der Waals surface area contributed by atoms with Gasteiger partial charge in [-0.05, 0) is 18.2 Å². The van der Waals surface area contributed by atoms with Crippen LogP contribution in [0.5, 0.6) is 0 Å². The summed E-state index contributed by atoms with van der Waals surface area (Å²) in [6.07, 6.45) is -0.236. The van der Waals surface area contributed by atoms with Gasteiger partial charge in [-0.15, -0.1) is 0 Å². The van der Waals surface area contributed by atoms with Gasteiger partial charge in [0, 0.05) is 12.6 Å². The minimum absolute atomic E-state index is 0.199. The monoisotopic (exact) mass is 261 g/mol. The smallest absolute Gasteiger partial charge is 0.352 e. The zero-order valence-electron chi connectivity index (χ0n) is 10.1. The summed E-state index contributed by atoms with van der Waals surface area (Å²) in [5, 5.41) is 16.1. The fraction of sp³-hybridized carbons (Fsp3) is 0.167. The highest BCUT2D eigenvalue weighted by Crippen LogP contribution is 2.23. The molecule has 1 aliphatic heterocycles. The number of amides is 2. The Bertz CT molecular complexity index is 594. The topological polar surface area (TPSA) is 99.1 Å². The molecule has 2 rings (SSSR count). The lowest BCUT2D eigenvalue weighted by molar-refractivity contribution is -0.129. The van der Waals surface area contributed by atoms with Gasteiger partial charge in [-0.25, -0.2) is 4.79 Å². The Hall–Kier alpha value is -2.70. The fourth-order valence-electron chi connectivity index (χ4n) is 1.67.